The first-order valence-corrected chi connectivity index (χ1v) is 15.8. The average Bonchev–Trinajstić information content (AvgIpc) is 3.32. The second kappa shape index (κ2) is 13.2. The highest BCUT2D eigenvalue weighted by Gasteiger charge is 2.40. The van der Waals surface area contributed by atoms with Crippen molar-refractivity contribution < 1.29 is 28.6 Å². The van der Waals surface area contributed by atoms with Gasteiger partial charge in [-0.2, -0.15) is 4.98 Å². The van der Waals surface area contributed by atoms with Crippen molar-refractivity contribution in [3.63, 3.8) is 0 Å². The molecule has 244 valence electrons. The number of β-amino-alcohol motifs (C(OH)–C–C–N with tert-alkyl or cyclic N) is 1. The molecule has 0 saturated carbocycles. The number of aliphatic hydroxyl groups excluding tert-OH is 1. The zero-order valence-electron chi connectivity index (χ0n) is 26.7. The molecule has 13 heteroatoms. The number of hydrogen-bond acceptors (Lipinski definition) is 8. The van der Waals surface area contributed by atoms with E-state index in [1.165, 1.54) is 19.1 Å². The summed E-state index contributed by atoms with van der Waals surface area (Å²) in [6, 6.07) is 3.59. The van der Waals surface area contributed by atoms with Gasteiger partial charge < -0.3 is 35.2 Å². The van der Waals surface area contributed by atoms with Crippen LogP contribution in [0.5, 0.6) is 5.88 Å². The van der Waals surface area contributed by atoms with Crippen LogP contribution in [-0.2, 0) is 4.79 Å². The number of carbonyl (C=O) groups is 3. The number of amides is 4. The Labute approximate surface area is 263 Å². The number of aliphatic hydroxyl groups is 1. The quantitative estimate of drug-likeness (QED) is 0.442. The van der Waals surface area contributed by atoms with Gasteiger partial charge in [-0.05, 0) is 64.5 Å². The standard InChI is InChI=1S/C32H44FN7O5/c1-6-34-31(44)35-25-12-10-21(14-24(25)33)27-26-28(37-30(36-27)38-15-19(2)9-11-23(42)17-38)45-32(4,5)18-39(29(26)43)16-22-8-7-13-40(22)20(3)41/h10,12,14,19,22-23,42H,6-9,11,13,15-18H2,1-5H3,(H2,34,35,44). The number of benzene rings is 1. The fourth-order valence-corrected chi connectivity index (χ4v) is 6.49. The third kappa shape index (κ3) is 7.29. The van der Waals surface area contributed by atoms with Crippen molar-refractivity contribution in [2.45, 2.75) is 78.0 Å². The molecule has 3 unspecified atom stereocenters. The number of urea groups is 1. The molecule has 4 heterocycles. The number of carbonyl (C=O) groups excluding carboxylic acids is 3. The molecule has 3 N–H and O–H groups in total. The van der Waals surface area contributed by atoms with Gasteiger partial charge in [0.25, 0.3) is 5.91 Å². The van der Waals surface area contributed by atoms with Crippen LogP contribution in [0.25, 0.3) is 11.3 Å². The van der Waals surface area contributed by atoms with Gasteiger partial charge in [-0.1, -0.05) is 13.0 Å². The van der Waals surface area contributed by atoms with Crippen LogP contribution in [0.15, 0.2) is 18.2 Å². The van der Waals surface area contributed by atoms with E-state index < -0.39 is 23.6 Å². The van der Waals surface area contributed by atoms with Gasteiger partial charge in [0.1, 0.15) is 17.0 Å². The zero-order valence-corrected chi connectivity index (χ0v) is 26.7. The summed E-state index contributed by atoms with van der Waals surface area (Å²) in [4.78, 5) is 53.8. The van der Waals surface area contributed by atoms with Gasteiger partial charge in [-0.15, -0.1) is 0 Å². The zero-order chi connectivity index (χ0) is 32.5. The predicted molar refractivity (Wildman–Crippen MR) is 168 cm³/mol. The lowest BCUT2D eigenvalue weighted by molar-refractivity contribution is -0.129. The Morgan fingerprint density at radius 3 is 2.67 bits per heavy atom. The Kier molecular flexibility index (Phi) is 9.47. The molecule has 2 saturated heterocycles. The first-order chi connectivity index (χ1) is 21.3. The minimum atomic E-state index is -0.847. The summed E-state index contributed by atoms with van der Waals surface area (Å²) in [5.74, 6) is -0.489. The van der Waals surface area contributed by atoms with Crippen molar-refractivity contribution in [3.05, 3.63) is 29.6 Å². The van der Waals surface area contributed by atoms with Gasteiger partial charge in [0.05, 0.1) is 24.0 Å². The van der Waals surface area contributed by atoms with Crippen LogP contribution in [-0.4, -0.2) is 99.7 Å². The second-order valence-corrected chi connectivity index (χ2v) is 13.0. The molecule has 1 aromatic carbocycles. The molecule has 2 fully saturated rings. The van der Waals surface area contributed by atoms with Gasteiger partial charge in [-0.3, -0.25) is 9.59 Å². The van der Waals surface area contributed by atoms with Gasteiger partial charge in [-0.25, -0.2) is 14.2 Å². The SMILES string of the molecule is CCNC(=O)Nc1ccc(-c2nc(N3CC(C)CCC(O)C3)nc3c2C(=O)N(CC2CCCN2C(C)=O)CC(C)(C)O3)cc1F. The Bertz CT molecular complexity index is 1440. The minimum absolute atomic E-state index is 0.0228. The van der Waals surface area contributed by atoms with Crippen molar-refractivity contribution in [2.75, 3.05) is 49.5 Å². The third-order valence-electron chi connectivity index (χ3n) is 8.59. The molecule has 45 heavy (non-hydrogen) atoms. The number of fused-ring (bicyclic) bond motifs is 1. The molecule has 0 bridgehead atoms. The van der Waals surface area contributed by atoms with Crippen LogP contribution in [0.3, 0.4) is 0 Å². The highest BCUT2D eigenvalue weighted by Crippen LogP contribution is 2.38. The molecular weight excluding hydrogens is 581 g/mol. The number of halogens is 1. The van der Waals surface area contributed by atoms with E-state index in [0.29, 0.717) is 44.7 Å². The summed E-state index contributed by atoms with van der Waals surface area (Å²) < 4.78 is 21.9. The van der Waals surface area contributed by atoms with Crippen LogP contribution >= 0.6 is 0 Å². The van der Waals surface area contributed by atoms with E-state index in [2.05, 4.69) is 17.6 Å². The van der Waals surface area contributed by atoms with Crippen LogP contribution in [0, 0.1) is 11.7 Å². The summed E-state index contributed by atoms with van der Waals surface area (Å²) >= 11 is 0. The van der Waals surface area contributed by atoms with E-state index in [4.69, 9.17) is 14.7 Å². The number of anilines is 2. The van der Waals surface area contributed by atoms with Crippen molar-refractivity contribution >= 4 is 29.5 Å². The maximum atomic E-state index is 15.5. The molecule has 1 aromatic heterocycles. The summed E-state index contributed by atoms with van der Waals surface area (Å²) in [5, 5.41) is 15.7. The van der Waals surface area contributed by atoms with Crippen molar-refractivity contribution in [3.8, 4) is 17.1 Å². The Morgan fingerprint density at radius 1 is 1.18 bits per heavy atom. The molecular formula is C32H44FN7O5. The van der Waals surface area contributed by atoms with E-state index in [9.17, 15) is 19.5 Å². The van der Waals surface area contributed by atoms with Crippen molar-refractivity contribution in [2.24, 2.45) is 5.92 Å². The summed E-state index contributed by atoms with van der Waals surface area (Å²) in [5.41, 5.74) is -0.275. The monoisotopic (exact) mass is 625 g/mol. The highest BCUT2D eigenvalue weighted by atomic mass is 19.1. The fourth-order valence-electron chi connectivity index (χ4n) is 6.49. The number of likely N-dealkylation sites (tertiary alicyclic amines) is 1. The van der Waals surface area contributed by atoms with E-state index in [0.717, 1.165) is 19.3 Å². The largest absolute Gasteiger partial charge is 0.469 e. The van der Waals surface area contributed by atoms with E-state index >= 15 is 4.39 Å². The highest BCUT2D eigenvalue weighted by molar-refractivity contribution is 6.03. The molecule has 3 aliphatic rings. The first kappa shape index (κ1) is 32.4. The maximum absolute atomic E-state index is 15.5. The molecule has 0 spiro atoms. The van der Waals surface area contributed by atoms with Crippen LogP contribution in [0.2, 0.25) is 0 Å². The molecule has 5 rings (SSSR count). The van der Waals surface area contributed by atoms with Crippen molar-refractivity contribution in [1.29, 1.82) is 0 Å². The lowest BCUT2D eigenvalue weighted by Crippen LogP contribution is -2.49. The second-order valence-electron chi connectivity index (χ2n) is 13.0. The average molecular weight is 626 g/mol. The lowest BCUT2D eigenvalue weighted by atomic mass is 10.0. The smallest absolute Gasteiger partial charge is 0.319 e. The van der Waals surface area contributed by atoms with Gasteiger partial charge >= 0.3 is 6.03 Å². The topological polar surface area (TPSA) is 140 Å². The summed E-state index contributed by atoms with van der Waals surface area (Å²) in [7, 11) is 0. The Morgan fingerprint density at radius 2 is 1.96 bits per heavy atom. The molecule has 0 aliphatic carbocycles. The van der Waals surface area contributed by atoms with Gasteiger partial charge in [0.15, 0.2) is 0 Å². The van der Waals surface area contributed by atoms with Crippen LogP contribution < -0.4 is 20.3 Å². The van der Waals surface area contributed by atoms with Crippen LogP contribution in [0.4, 0.5) is 20.8 Å². The summed E-state index contributed by atoms with van der Waals surface area (Å²) in [6.45, 7) is 11.6. The normalized spacial score (nSPS) is 23.1. The number of rotatable bonds is 6. The molecule has 12 nitrogen and oxygen atoms in total. The molecule has 4 amide bonds. The number of nitrogens with one attached hydrogen (secondary N) is 2. The molecule has 3 aliphatic heterocycles. The maximum Gasteiger partial charge on any atom is 0.319 e. The number of ether oxygens (including phenoxy) is 1. The van der Waals surface area contributed by atoms with Crippen LogP contribution in [0.1, 0.15) is 70.7 Å². The van der Waals surface area contributed by atoms with E-state index in [1.54, 1.807) is 22.8 Å². The summed E-state index contributed by atoms with van der Waals surface area (Å²) in [6.07, 6.45) is 2.55. The first-order valence-electron chi connectivity index (χ1n) is 15.8. The predicted octanol–water partition coefficient (Wildman–Crippen LogP) is 3.65. The molecule has 2 aromatic rings. The number of aromatic nitrogens is 2. The van der Waals surface area contributed by atoms with E-state index in [1.807, 2.05) is 18.7 Å². The minimum Gasteiger partial charge on any atom is -0.469 e. The fraction of sp³-hybridized carbons (Fsp3) is 0.594. The number of hydrogen-bond donors (Lipinski definition) is 3. The molecule has 3 atom stereocenters. The molecule has 0 radical (unpaired) electrons. The Hall–Kier alpha value is -4.00. The van der Waals surface area contributed by atoms with Gasteiger partial charge in [0, 0.05) is 51.3 Å². The third-order valence-corrected chi connectivity index (χ3v) is 8.59. The van der Waals surface area contributed by atoms with Crippen molar-refractivity contribution in [1.82, 2.24) is 25.1 Å². The van der Waals surface area contributed by atoms with Gasteiger partial charge in [0.2, 0.25) is 17.7 Å². The van der Waals surface area contributed by atoms with E-state index in [-0.39, 0.29) is 59.1 Å². The number of nitrogens with zero attached hydrogens (tertiary/aromatic N) is 5. The Balaban J connectivity index is 1.62. The lowest BCUT2D eigenvalue weighted by Gasteiger charge is -2.33.